The fourth-order valence-corrected chi connectivity index (χ4v) is 1.77. The zero-order chi connectivity index (χ0) is 14.0. The van der Waals surface area contributed by atoms with E-state index < -0.39 is 0 Å². The third kappa shape index (κ3) is 3.57. The average Bonchev–Trinajstić information content (AvgIpc) is 2.18. The van der Waals surface area contributed by atoms with E-state index in [0.29, 0.717) is 12.4 Å². The second-order valence-electron chi connectivity index (χ2n) is 6.17. The van der Waals surface area contributed by atoms with Crippen LogP contribution in [0.5, 0.6) is 0 Å². The molecule has 0 aliphatic carbocycles. The zero-order valence-corrected chi connectivity index (χ0v) is 11.9. The van der Waals surface area contributed by atoms with Crippen molar-refractivity contribution >= 4 is 5.82 Å². The maximum Gasteiger partial charge on any atom is 0.293 e. The molecular formula is C13H24N4O. The van der Waals surface area contributed by atoms with Crippen LogP contribution >= 0.6 is 0 Å². The van der Waals surface area contributed by atoms with Crippen molar-refractivity contribution in [3.8, 4) is 0 Å². The summed E-state index contributed by atoms with van der Waals surface area (Å²) in [4.78, 5) is 16.4. The summed E-state index contributed by atoms with van der Waals surface area (Å²) in [6.07, 6.45) is 4.13. The summed E-state index contributed by atoms with van der Waals surface area (Å²) in [6.45, 7) is 10.6. The minimum absolute atomic E-state index is 0.102. The largest absolute Gasteiger partial charge is 0.361 e. The van der Waals surface area contributed by atoms with Gasteiger partial charge in [-0.25, -0.2) is 4.98 Å². The number of nitrogens with two attached hydrogens (primary N) is 1. The molecule has 1 aromatic heterocycles. The molecule has 0 aliphatic heterocycles. The monoisotopic (exact) mass is 252 g/mol. The SMILES string of the molecule is CC(C)(CCN)Nc1nccn(C(C)(C)C)c1=O. The van der Waals surface area contributed by atoms with Gasteiger partial charge in [0.15, 0.2) is 5.82 Å². The molecule has 3 N–H and O–H groups in total. The summed E-state index contributed by atoms with van der Waals surface area (Å²) in [6, 6.07) is 0. The van der Waals surface area contributed by atoms with Gasteiger partial charge in [0.25, 0.3) is 5.56 Å². The molecule has 102 valence electrons. The quantitative estimate of drug-likeness (QED) is 0.852. The Balaban J connectivity index is 3.10. The Morgan fingerprint density at radius 2 is 1.94 bits per heavy atom. The summed E-state index contributed by atoms with van der Waals surface area (Å²) in [7, 11) is 0. The van der Waals surface area contributed by atoms with Crippen molar-refractivity contribution in [3.63, 3.8) is 0 Å². The molecule has 0 saturated heterocycles. The molecule has 0 atom stereocenters. The standard InChI is InChI=1S/C13H24N4O/c1-12(2,3)17-9-8-15-10(11(17)18)16-13(4,5)6-7-14/h8-9H,6-7,14H2,1-5H3,(H,15,16). The molecule has 0 amide bonds. The Kier molecular flexibility index (Phi) is 4.16. The molecule has 1 rings (SSSR count). The first kappa shape index (κ1) is 14.7. The normalized spacial score (nSPS) is 12.6. The van der Waals surface area contributed by atoms with Crippen LogP contribution in [0.3, 0.4) is 0 Å². The van der Waals surface area contributed by atoms with Crippen LogP contribution in [0.25, 0.3) is 0 Å². The first-order valence-corrected chi connectivity index (χ1v) is 6.24. The molecule has 5 heteroatoms. The number of anilines is 1. The van der Waals surface area contributed by atoms with E-state index in [1.807, 2.05) is 34.6 Å². The highest BCUT2D eigenvalue weighted by Crippen LogP contribution is 2.15. The lowest BCUT2D eigenvalue weighted by atomic mass is 10.0. The fourth-order valence-electron chi connectivity index (χ4n) is 1.77. The van der Waals surface area contributed by atoms with E-state index in [2.05, 4.69) is 10.3 Å². The molecule has 0 aromatic carbocycles. The highest BCUT2D eigenvalue weighted by atomic mass is 16.1. The van der Waals surface area contributed by atoms with Crippen LogP contribution in [0.1, 0.15) is 41.0 Å². The predicted octanol–water partition coefficient (Wildman–Crippen LogP) is 1.54. The second kappa shape index (κ2) is 5.10. The molecule has 0 unspecified atom stereocenters. The van der Waals surface area contributed by atoms with Crippen LogP contribution in [0.2, 0.25) is 0 Å². The third-order valence-corrected chi connectivity index (χ3v) is 2.79. The molecule has 18 heavy (non-hydrogen) atoms. The first-order chi connectivity index (χ1) is 8.17. The van der Waals surface area contributed by atoms with Crippen molar-refractivity contribution in [1.29, 1.82) is 0 Å². The Morgan fingerprint density at radius 1 is 1.33 bits per heavy atom. The van der Waals surface area contributed by atoms with Gasteiger partial charge in [-0.2, -0.15) is 0 Å². The molecule has 1 heterocycles. The molecule has 1 aromatic rings. The summed E-state index contributed by atoms with van der Waals surface area (Å²) >= 11 is 0. The Labute approximate surface area is 108 Å². The second-order valence-corrected chi connectivity index (χ2v) is 6.17. The summed E-state index contributed by atoms with van der Waals surface area (Å²) in [5.41, 5.74) is 4.97. The molecule has 0 aliphatic rings. The predicted molar refractivity (Wildman–Crippen MR) is 74.9 cm³/mol. The summed E-state index contributed by atoms with van der Waals surface area (Å²) in [5.74, 6) is 0.380. The van der Waals surface area contributed by atoms with Gasteiger partial charge in [-0.1, -0.05) is 0 Å². The molecule has 0 radical (unpaired) electrons. The number of rotatable bonds is 4. The van der Waals surface area contributed by atoms with Crippen molar-refractivity contribution in [2.75, 3.05) is 11.9 Å². The van der Waals surface area contributed by atoms with Gasteiger partial charge >= 0.3 is 0 Å². The van der Waals surface area contributed by atoms with Crippen molar-refractivity contribution in [3.05, 3.63) is 22.7 Å². The maximum atomic E-state index is 12.3. The summed E-state index contributed by atoms with van der Waals surface area (Å²) in [5, 5.41) is 3.18. The molecule has 0 fully saturated rings. The zero-order valence-electron chi connectivity index (χ0n) is 11.9. The Bertz CT molecular complexity index is 457. The van der Waals surface area contributed by atoms with Crippen molar-refractivity contribution in [2.45, 2.75) is 52.1 Å². The van der Waals surface area contributed by atoms with Crippen LogP contribution in [0.15, 0.2) is 17.2 Å². The molecular weight excluding hydrogens is 228 g/mol. The molecule has 0 spiro atoms. The first-order valence-electron chi connectivity index (χ1n) is 6.24. The van der Waals surface area contributed by atoms with E-state index >= 15 is 0 Å². The number of nitrogens with one attached hydrogen (secondary N) is 1. The van der Waals surface area contributed by atoms with E-state index in [1.165, 1.54) is 0 Å². The minimum Gasteiger partial charge on any atom is -0.361 e. The van der Waals surface area contributed by atoms with E-state index in [1.54, 1.807) is 17.0 Å². The smallest absolute Gasteiger partial charge is 0.293 e. The van der Waals surface area contributed by atoms with E-state index in [9.17, 15) is 4.79 Å². The highest BCUT2D eigenvalue weighted by Gasteiger charge is 2.21. The average molecular weight is 252 g/mol. The van der Waals surface area contributed by atoms with Gasteiger partial charge in [-0.05, 0) is 47.6 Å². The van der Waals surface area contributed by atoms with Crippen LogP contribution in [0.4, 0.5) is 5.82 Å². The Hall–Kier alpha value is -1.36. The molecule has 0 saturated carbocycles. The number of hydrogen-bond acceptors (Lipinski definition) is 4. The van der Waals surface area contributed by atoms with Gasteiger partial charge in [0.05, 0.1) is 0 Å². The van der Waals surface area contributed by atoms with Crippen LogP contribution in [-0.2, 0) is 5.54 Å². The molecule has 0 bridgehead atoms. The third-order valence-electron chi connectivity index (χ3n) is 2.79. The highest BCUT2D eigenvalue weighted by molar-refractivity contribution is 5.34. The molecule has 5 nitrogen and oxygen atoms in total. The Morgan fingerprint density at radius 3 is 2.44 bits per heavy atom. The maximum absolute atomic E-state index is 12.3. The van der Waals surface area contributed by atoms with Crippen LogP contribution in [0, 0.1) is 0 Å². The number of aromatic nitrogens is 2. The van der Waals surface area contributed by atoms with Gasteiger partial charge < -0.3 is 15.6 Å². The van der Waals surface area contributed by atoms with E-state index in [-0.39, 0.29) is 16.6 Å². The van der Waals surface area contributed by atoms with Crippen molar-refractivity contribution < 1.29 is 0 Å². The van der Waals surface area contributed by atoms with E-state index in [4.69, 9.17) is 5.73 Å². The van der Waals surface area contributed by atoms with Gasteiger partial charge in [-0.3, -0.25) is 4.79 Å². The van der Waals surface area contributed by atoms with E-state index in [0.717, 1.165) is 6.42 Å². The van der Waals surface area contributed by atoms with Crippen LogP contribution < -0.4 is 16.6 Å². The minimum atomic E-state index is -0.255. The summed E-state index contributed by atoms with van der Waals surface area (Å²) < 4.78 is 1.68. The lowest BCUT2D eigenvalue weighted by molar-refractivity contribution is 0.382. The topological polar surface area (TPSA) is 72.9 Å². The number of nitrogens with zero attached hydrogens (tertiary/aromatic N) is 2. The van der Waals surface area contributed by atoms with Crippen molar-refractivity contribution in [1.82, 2.24) is 9.55 Å². The lowest BCUT2D eigenvalue weighted by Gasteiger charge is -2.28. The van der Waals surface area contributed by atoms with Crippen molar-refractivity contribution in [2.24, 2.45) is 5.73 Å². The van der Waals surface area contributed by atoms with Gasteiger partial charge in [0, 0.05) is 23.5 Å². The van der Waals surface area contributed by atoms with Gasteiger partial charge in [0.2, 0.25) is 0 Å². The number of hydrogen-bond donors (Lipinski definition) is 2. The lowest BCUT2D eigenvalue weighted by Crippen LogP contribution is -2.40. The van der Waals surface area contributed by atoms with Gasteiger partial charge in [-0.15, -0.1) is 0 Å². The fraction of sp³-hybridized carbons (Fsp3) is 0.692. The van der Waals surface area contributed by atoms with Gasteiger partial charge in [0.1, 0.15) is 0 Å². The van der Waals surface area contributed by atoms with Crippen LogP contribution in [-0.4, -0.2) is 21.6 Å².